The molecule has 2 rings (SSSR count). The summed E-state index contributed by atoms with van der Waals surface area (Å²) in [5.74, 6) is -0.805. The van der Waals surface area contributed by atoms with Gasteiger partial charge in [-0.2, -0.15) is 0 Å². The summed E-state index contributed by atoms with van der Waals surface area (Å²) in [7, 11) is 0. The highest BCUT2D eigenvalue weighted by Gasteiger charge is 2.50. The van der Waals surface area contributed by atoms with E-state index in [1.807, 2.05) is 0 Å². The van der Waals surface area contributed by atoms with Crippen LogP contribution in [0, 0.1) is 5.41 Å². The predicted octanol–water partition coefficient (Wildman–Crippen LogP) is 0.636. The molecule has 1 heterocycles. The van der Waals surface area contributed by atoms with Crippen molar-refractivity contribution >= 4 is 12.0 Å². The van der Waals surface area contributed by atoms with E-state index in [9.17, 15) is 9.59 Å². The third-order valence-electron chi connectivity index (χ3n) is 4.06. The Labute approximate surface area is 113 Å². The number of nitrogens with one attached hydrogen (secondary N) is 2. The van der Waals surface area contributed by atoms with Crippen molar-refractivity contribution in [1.82, 2.24) is 15.5 Å². The number of aliphatic carboxylic acids is 1. The minimum absolute atomic E-state index is 0.234. The fraction of sp³-hybridized carbons (Fsp3) is 0.846. The number of hydrogen-bond donors (Lipinski definition) is 3. The zero-order valence-electron chi connectivity index (χ0n) is 11.3. The van der Waals surface area contributed by atoms with Crippen LogP contribution in [0.4, 0.5) is 4.79 Å². The lowest BCUT2D eigenvalue weighted by Crippen LogP contribution is -2.44. The fourth-order valence-corrected chi connectivity index (χ4v) is 2.44. The van der Waals surface area contributed by atoms with Crippen LogP contribution < -0.4 is 10.6 Å². The molecule has 0 spiro atoms. The van der Waals surface area contributed by atoms with E-state index in [4.69, 9.17) is 5.11 Å². The van der Waals surface area contributed by atoms with Gasteiger partial charge in [-0.1, -0.05) is 6.42 Å². The van der Waals surface area contributed by atoms with Crippen molar-refractivity contribution in [1.29, 1.82) is 0 Å². The number of carboxylic acid groups (broad SMARTS) is 1. The summed E-state index contributed by atoms with van der Waals surface area (Å²) in [6.45, 7) is 3.96. The minimum Gasteiger partial charge on any atom is -0.481 e. The molecule has 1 aliphatic heterocycles. The van der Waals surface area contributed by atoms with Crippen molar-refractivity contribution in [2.24, 2.45) is 5.41 Å². The van der Waals surface area contributed by atoms with Crippen molar-refractivity contribution in [2.45, 2.75) is 32.1 Å². The van der Waals surface area contributed by atoms with Gasteiger partial charge in [0, 0.05) is 19.6 Å². The van der Waals surface area contributed by atoms with E-state index in [2.05, 4.69) is 15.5 Å². The van der Waals surface area contributed by atoms with Crippen LogP contribution in [0.25, 0.3) is 0 Å². The van der Waals surface area contributed by atoms with Gasteiger partial charge in [-0.25, -0.2) is 4.79 Å². The van der Waals surface area contributed by atoms with Gasteiger partial charge in [0.25, 0.3) is 0 Å². The van der Waals surface area contributed by atoms with Crippen LogP contribution in [0.2, 0.25) is 0 Å². The van der Waals surface area contributed by atoms with E-state index in [-0.39, 0.29) is 12.6 Å². The lowest BCUT2D eigenvalue weighted by Gasteiger charge is -2.26. The number of likely N-dealkylation sites (tertiary alicyclic amines) is 1. The van der Waals surface area contributed by atoms with E-state index < -0.39 is 11.4 Å². The maximum absolute atomic E-state index is 11.5. The number of piperidine rings is 1. The molecule has 0 atom stereocenters. The van der Waals surface area contributed by atoms with Crippen LogP contribution >= 0.6 is 0 Å². The number of nitrogens with zero attached hydrogens (tertiary/aromatic N) is 1. The highest BCUT2D eigenvalue weighted by Crippen LogP contribution is 2.45. The van der Waals surface area contributed by atoms with Crippen molar-refractivity contribution < 1.29 is 14.7 Å². The molecule has 0 bridgehead atoms. The van der Waals surface area contributed by atoms with Gasteiger partial charge >= 0.3 is 12.0 Å². The summed E-state index contributed by atoms with van der Waals surface area (Å²) in [5, 5.41) is 14.4. The number of urea groups is 1. The quantitative estimate of drug-likeness (QED) is 0.661. The zero-order valence-corrected chi connectivity index (χ0v) is 11.3. The average molecular weight is 269 g/mol. The first kappa shape index (κ1) is 14.1. The molecule has 1 saturated carbocycles. The van der Waals surface area contributed by atoms with Gasteiger partial charge in [0.2, 0.25) is 0 Å². The van der Waals surface area contributed by atoms with Gasteiger partial charge in [-0.15, -0.1) is 0 Å². The molecule has 1 aliphatic carbocycles. The second kappa shape index (κ2) is 6.23. The number of rotatable bonds is 6. The van der Waals surface area contributed by atoms with Crippen molar-refractivity contribution in [2.75, 3.05) is 32.7 Å². The molecule has 0 unspecified atom stereocenters. The Morgan fingerprint density at radius 3 is 2.37 bits per heavy atom. The SMILES string of the molecule is O=C(NCCN1CCCCC1)NCC1(C(=O)O)CC1. The molecular formula is C13H23N3O3. The van der Waals surface area contributed by atoms with E-state index in [0.29, 0.717) is 19.4 Å². The van der Waals surface area contributed by atoms with Gasteiger partial charge < -0.3 is 20.6 Å². The second-order valence-corrected chi connectivity index (χ2v) is 5.60. The maximum Gasteiger partial charge on any atom is 0.314 e. The summed E-state index contributed by atoms with van der Waals surface area (Å²) >= 11 is 0. The first-order valence-corrected chi connectivity index (χ1v) is 7.10. The summed E-state index contributed by atoms with van der Waals surface area (Å²) in [6.07, 6.45) is 5.12. The normalized spacial score (nSPS) is 21.7. The molecule has 0 radical (unpaired) electrons. The molecule has 2 fully saturated rings. The molecule has 0 aromatic rings. The first-order chi connectivity index (χ1) is 9.12. The van der Waals surface area contributed by atoms with Gasteiger partial charge in [0.15, 0.2) is 0 Å². The first-order valence-electron chi connectivity index (χ1n) is 7.10. The monoisotopic (exact) mass is 269 g/mol. The van der Waals surface area contributed by atoms with Gasteiger partial charge in [-0.05, 0) is 38.8 Å². The summed E-state index contributed by atoms with van der Waals surface area (Å²) < 4.78 is 0. The molecular weight excluding hydrogens is 246 g/mol. The zero-order chi connectivity index (χ0) is 13.7. The standard InChI is InChI=1S/C13H23N3O3/c17-11(18)13(4-5-13)10-15-12(19)14-6-9-16-7-2-1-3-8-16/h1-10H2,(H,17,18)(H2,14,15,19). The van der Waals surface area contributed by atoms with E-state index >= 15 is 0 Å². The van der Waals surface area contributed by atoms with Gasteiger partial charge in [0.05, 0.1) is 5.41 Å². The summed E-state index contributed by atoms with van der Waals surface area (Å²) in [4.78, 5) is 24.8. The molecule has 3 N–H and O–H groups in total. The van der Waals surface area contributed by atoms with E-state index in [1.165, 1.54) is 19.3 Å². The van der Waals surface area contributed by atoms with Crippen LogP contribution in [0.5, 0.6) is 0 Å². The molecule has 108 valence electrons. The second-order valence-electron chi connectivity index (χ2n) is 5.60. The third-order valence-corrected chi connectivity index (χ3v) is 4.06. The summed E-state index contributed by atoms with van der Waals surface area (Å²) in [5.41, 5.74) is -0.690. The Kier molecular flexibility index (Phi) is 4.63. The molecule has 6 heteroatoms. The maximum atomic E-state index is 11.5. The highest BCUT2D eigenvalue weighted by molar-refractivity contribution is 5.80. The Hall–Kier alpha value is -1.30. The van der Waals surface area contributed by atoms with Crippen molar-refractivity contribution in [3.63, 3.8) is 0 Å². The van der Waals surface area contributed by atoms with E-state index in [1.54, 1.807) is 0 Å². The molecule has 19 heavy (non-hydrogen) atoms. The Balaban J connectivity index is 1.56. The fourth-order valence-electron chi connectivity index (χ4n) is 2.44. The molecule has 0 aromatic heterocycles. The number of carbonyl (C=O) groups is 2. The predicted molar refractivity (Wildman–Crippen MR) is 71.0 cm³/mol. The van der Waals surface area contributed by atoms with Crippen molar-refractivity contribution in [3.05, 3.63) is 0 Å². The van der Waals surface area contributed by atoms with Gasteiger partial charge in [-0.3, -0.25) is 4.79 Å². The smallest absolute Gasteiger partial charge is 0.314 e. The molecule has 0 aromatic carbocycles. The Morgan fingerprint density at radius 1 is 1.11 bits per heavy atom. The van der Waals surface area contributed by atoms with Crippen molar-refractivity contribution in [3.8, 4) is 0 Å². The number of carbonyl (C=O) groups excluding carboxylic acids is 1. The Bertz CT molecular complexity index is 336. The molecule has 1 saturated heterocycles. The lowest BCUT2D eigenvalue weighted by molar-refractivity contribution is -0.143. The molecule has 6 nitrogen and oxygen atoms in total. The number of amides is 2. The van der Waals surface area contributed by atoms with Crippen LogP contribution in [0.3, 0.4) is 0 Å². The number of carboxylic acids is 1. The number of hydrogen-bond acceptors (Lipinski definition) is 3. The van der Waals surface area contributed by atoms with Crippen LogP contribution in [-0.2, 0) is 4.79 Å². The lowest BCUT2D eigenvalue weighted by atomic mass is 10.1. The highest BCUT2D eigenvalue weighted by atomic mass is 16.4. The molecule has 2 aliphatic rings. The van der Waals surface area contributed by atoms with Gasteiger partial charge in [0.1, 0.15) is 0 Å². The van der Waals surface area contributed by atoms with Crippen LogP contribution in [-0.4, -0.2) is 54.7 Å². The average Bonchev–Trinajstić information content (AvgIpc) is 3.19. The van der Waals surface area contributed by atoms with E-state index in [0.717, 1.165) is 19.6 Å². The third kappa shape index (κ3) is 4.09. The summed E-state index contributed by atoms with van der Waals surface area (Å²) in [6, 6.07) is -0.260. The Morgan fingerprint density at radius 2 is 1.79 bits per heavy atom. The van der Waals surface area contributed by atoms with Crippen LogP contribution in [0.15, 0.2) is 0 Å². The largest absolute Gasteiger partial charge is 0.481 e. The topological polar surface area (TPSA) is 81.7 Å². The molecule has 2 amide bonds. The van der Waals surface area contributed by atoms with Crippen LogP contribution in [0.1, 0.15) is 32.1 Å². The minimum atomic E-state index is -0.805.